The highest BCUT2D eigenvalue weighted by Gasteiger charge is 2.15. The van der Waals surface area contributed by atoms with Crippen LogP contribution < -0.4 is 4.74 Å². The van der Waals surface area contributed by atoms with Crippen molar-refractivity contribution in [2.45, 2.75) is 20.5 Å². The molecule has 0 saturated carbocycles. The van der Waals surface area contributed by atoms with Crippen LogP contribution in [0.1, 0.15) is 16.7 Å². The fourth-order valence-electron chi connectivity index (χ4n) is 1.87. The Morgan fingerprint density at radius 3 is 2.70 bits per heavy atom. The Hall–Kier alpha value is -1.88. The molecular formula is C15H14BrNO3. The number of halogens is 1. The Morgan fingerprint density at radius 2 is 2.00 bits per heavy atom. The van der Waals surface area contributed by atoms with Crippen molar-refractivity contribution in [2.24, 2.45) is 0 Å². The van der Waals surface area contributed by atoms with E-state index in [2.05, 4.69) is 15.9 Å². The topological polar surface area (TPSA) is 52.4 Å². The second-order valence-electron chi connectivity index (χ2n) is 4.52. The molecule has 0 heterocycles. The van der Waals surface area contributed by atoms with Crippen LogP contribution in [-0.4, -0.2) is 4.92 Å². The van der Waals surface area contributed by atoms with E-state index in [0.717, 1.165) is 16.9 Å². The predicted octanol–water partition coefficient (Wildman–Crippen LogP) is 4.55. The number of nitro groups is 1. The van der Waals surface area contributed by atoms with Crippen LogP contribution in [0.25, 0.3) is 0 Å². The fraction of sp³-hybridized carbons (Fsp3) is 0.200. The summed E-state index contributed by atoms with van der Waals surface area (Å²) >= 11 is 3.24. The lowest BCUT2D eigenvalue weighted by atomic mass is 10.1. The van der Waals surface area contributed by atoms with Gasteiger partial charge in [-0.25, -0.2) is 0 Å². The summed E-state index contributed by atoms with van der Waals surface area (Å²) < 4.78 is 6.39. The van der Waals surface area contributed by atoms with Crippen molar-refractivity contribution in [3.63, 3.8) is 0 Å². The first-order valence-electron chi connectivity index (χ1n) is 6.11. The summed E-state index contributed by atoms with van der Waals surface area (Å²) in [6.07, 6.45) is 0. The Balaban J connectivity index is 2.23. The molecule has 0 fully saturated rings. The molecule has 20 heavy (non-hydrogen) atoms. The molecular weight excluding hydrogens is 322 g/mol. The number of aryl methyl sites for hydroxylation is 1. The number of hydrogen-bond acceptors (Lipinski definition) is 3. The van der Waals surface area contributed by atoms with E-state index in [1.807, 2.05) is 32.0 Å². The van der Waals surface area contributed by atoms with Crippen LogP contribution in [0.15, 0.2) is 40.9 Å². The van der Waals surface area contributed by atoms with Crippen LogP contribution in [0.3, 0.4) is 0 Å². The molecule has 2 aromatic rings. The quantitative estimate of drug-likeness (QED) is 0.608. The van der Waals surface area contributed by atoms with Gasteiger partial charge in [-0.3, -0.25) is 10.1 Å². The van der Waals surface area contributed by atoms with Gasteiger partial charge in [0, 0.05) is 10.5 Å². The highest BCUT2D eigenvalue weighted by Crippen LogP contribution is 2.26. The molecule has 104 valence electrons. The van der Waals surface area contributed by atoms with Crippen molar-refractivity contribution < 1.29 is 9.66 Å². The van der Waals surface area contributed by atoms with E-state index >= 15 is 0 Å². The van der Waals surface area contributed by atoms with E-state index in [1.165, 1.54) is 6.07 Å². The largest absolute Gasteiger partial charge is 0.488 e. The number of nitrogens with zero attached hydrogens (tertiary/aromatic N) is 1. The molecule has 0 bridgehead atoms. The van der Waals surface area contributed by atoms with Gasteiger partial charge in [0.05, 0.1) is 10.5 Å². The number of rotatable bonds is 4. The van der Waals surface area contributed by atoms with Gasteiger partial charge in [-0.15, -0.1) is 0 Å². The van der Waals surface area contributed by atoms with Gasteiger partial charge in [0.1, 0.15) is 12.4 Å². The Bertz CT molecular complexity index is 656. The Morgan fingerprint density at radius 1 is 1.25 bits per heavy atom. The van der Waals surface area contributed by atoms with E-state index in [0.29, 0.717) is 10.0 Å². The molecule has 0 unspecified atom stereocenters. The van der Waals surface area contributed by atoms with Crippen molar-refractivity contribution in [1.82, 2.24) is 0 Å². The number of nitro benzene ring substituents is 1. The monoisotopic (exact) mass is 335 g/mol. The lowest BCUT2D eigenvalue weighted by molar-refractivity contribution is -0.385. The summed E-state index contributed by atoms with van der Waals surface area (Å²) in [7, 11) is 0. The highest BCUT2D eigenvalue weighted by atomic mass is 79.9. The van der Waals surface area contributed by atoms with E-state index in [1.54, 1.807) is 12.1 Å². The van der Waals surface area contributed by atoms with Gasteiger partial charge in [0.2, 0.25) is 0 Å². The highest BCUT2D eigenvalue weighted by molar-refractivity contribution is 9.10. The normalized spacial score (nSPS) is 10.3. The van der Waals surface area contributed by atoms with Gasteiger partial charge >= 0.3 is 0 Å². The van der Waals surface area contributed by atoms with E-state index < -0.39 is 4.92 Å². The molecule has 0 aliphatic carbocycles. The van der Waals surface area contributed by atoms with Crippen molar-refractivity contribution in [1.29, 1.82) is 0 Å². The van der Waals surface area contributed by atoms with Crippen LogP contribution in [0.2, 0.25) is 0 Å². The summed E-state index contributed by atoms with van der Waals surface area (Å²) in [5, 5.41) is 11.0. The molecule has 4 nitrogen and oxygen atoms in total. The predicted molar refractivity (Wildman–Crippen MR) is 81.0 cm³/mol. The van der Waals surface area contributed by atoms with Gasteiger partial charge < -0.3 is 4.74 Å². The molecule has 0 saturated heterocycles. The number of ether oxygens (including phenoxy) is 1. The first-order chi connectivity index (χ1) is 9.49. The summed E-state index contributed by atoms with van der Waals surface area (Å²) in [5.41, 5.74) is 2.80. The van der Waals surface area contributed by atoms with Crippen LogP contribution in [0.5, 0.6) is 5.75 Å². The SMILES string of the molecule is Cc1cccc(OCc2ccc(Br)cc2[N+](=O)[O-])c1C. The maximum absolute atomic E-state index is 11.0. The second-order valence-corrected chi connectivity index (χ2v) is 5.43. The molecule has 0 N–H and O–H groups in total. The molecule has 2 aromatic carbocycles. The Labute approximate surface area is 125 Å². The first-order valence-corrected chi connectivity index (χ1v) is 6.90. The lowest BCUT2D eigenvalue weighted by Crippen LogP contribution is -2.02. The molecule has 2 rings (SSSR count). The van der Waals surface area contributed by atoms with Gasteiger partial charge in [-0.05, 0) is 43.2 Å². The zero-order chi connectivity index (χ0) is 14.7. The van der Waals surface area contributed by atoms with Crippen LogP contribution in [0.4, 0.5) is 5.69 Å². The van der Waals surface area contributed by atoms with Gasteiger partial charge in [-0.1, -0.05) is 28.1 Å². The number of hydrogen-bond donors (Lipinski definition) is 0. The summed E-state index contributed by atoms with van der Waals surface area (Å²) in [5.74, 6) is 0.752. The molecule has 0 aliphatic rings. The first kappa shape index (κ1) is 14.5. The average Bonchev–Trinajstić information content (AvgIpc) is 2.41. The molecule has 0 amide bonds. The third-order valence-corrected chi connectivity index (χ3v) is 3.68. The molecule has 0 aromatic heterocycles. The van der Waals surface area contributed by atoms with Crippen LogP contribution in [-0.2, 0) is 6.61 Å². The molecule has 0 atom stereocenters. The van der Waals surface area contributed by atoms with E-state index in [9.17, 15) is 10.1 Å². The third kappa shape index (κ3) is 3.17. The smallest absolute Gasteiger partial charge is 0.277 e. The maximum Gasteiger partial charge on any atom is 0.277 e. The minimum atomic E-state index is -0.396. The van der Waals surface area contributed by atoms with Crippen molar-refractivity contribution in [3.8, 4) is 5.75 Å². The summed E-state index contributed by atoms with van der Waals surface area (Å²) in [6.45, 7) is 4.15. The van der Waals surface area contributed by atoms with Crippen LogP contribution in [0, 0.1) is 24.0 Å². The Kier molecular flexibility index (Phi) is 4.39. The van der Waals surface area contributed by atoms with Gasteiger partial charge in [-0.2, -0.15) is 0 Å². The van der Waals surface area contributed by atoms with Crippen molar-refractivity contribution >= 4 is 21.6 Å². The summed E-state index contributed by atoms with van der Waals surface area (Å²) in [6, 6.07) is 10.7. The van der Waals surface area contributed by atoms with Gasteiger partial charge in [0.15, 0.2) is 0 Å². The zero-order valence-electron chi connectivity index (χ0n) is 11.2. The van der Waals surface area contributed by atoms with E-state index in [4.69, 9.17) is 4.74 Å². The van der Waals surface area contributed by atoms with Gasteiger partial charge in [0.25, 0.3) is 5.69 Å². The zero-order valence-corrected chi connectivity index (χ0v) is 12.8. The van der Waals surface area contributed by atoms with E-state index in [-0.39, 0.29) is 12.3 Å². The molecule has 0 aliphatic heterocycles. The third-order valence-electron chi connectivity index (χ3n) is 3.18. The molecule has 5 heteroatoms. The standard InChI is InChI=1S/C15H14BrNO3/c1-10-4-3-5-15(11(10)2)20-9-12-6-7-13(16)8-14(12)17(18)19/h3-8H,9H2,1-2H3. The molecule has 0 radical (unpaired) electrons. The number of benzene rings is 2. The average molecular weight is 336 g/mol. The fourth-order valence-corrected chi connectivity index (χ4v) is 2.21. The molecule has 0 spiro atoms. The van der Waals surface area contributed by atoms with Crippen molar-refractivity contribution in [2.75, 3.05) is 0 Å². The van der Waals surface area contributed by atoms with Crippen molar-refractivity contribution in [3.05, 3.63) is 67.7 Å². The van der Waals surface area contributed by atoms with Crippen LogP contribution >= 0.6 is 15.9 Å². The minimum Gasteiger partial charge on any atom is -0.488 e. The summed E-state index contributed by atoms with van der Waals surface area (Å²) in [4.78, 5) is 10.6. The second kappa shape index (κ2) is 6.05. The maximum atomic E-state index is 11.0. The lowest BCUT2D eigenvalue weighted by Gasteiger charge is -2.11. The minimum absolute atomic E-state index is 0.0599.